The molecule has 13 heavy (non-hydrogen) atoms. The maximum atomic E-state index is 11.4. The van der Waals surface area contributed by atoms with E-state index in [2.05, 4.69) is 0 Å². The molecule has 2 saturated carbocycles. The van der Waals surface area contributed by atoms with Crippen molar-refractivity contribution in [3.8, 4) is 0 Å². The van der Waals surface area contributed by atoms with Crippen molar-refractivity contribution in [1.82, 2.24) is 0 Å². The molecule has 0 aromatic carbocycles. The first-order valence-electron chi connectivity index (χ1n) is 4.98. The molecule has 0 aromatic rings. The number of hydrogen-bond acceptors (Lipinski definition) is 2. The third-order valence-corrected chi connectivity index (χ3v) is 3.33. The number of rotatable bonds is 2. The lowest BCUT2D eigenvalue weighted by Gasteiger charge is -2.19. The molecule has 2 rings (SSSR count). The third kappa shape index (κ3) is 1.98. The number of carbonyl (C=O) groups excluding carboxylic acids is 1. The lowest BCUT2D eigenvalue weighted by molar-refractivity contribution is -0.149. The molecule has 2 nitrogen and oxygen atoms in total. The first kappa shape index (κ1) is 10.8. The van der Waals surface area contributed by atoms with Crippen molar-refractivity contribution in [2.24, 2.45) is 17.8 Å². The molecular formula is C10H17ClO2. The van der Waals surface area contributed by atoms with Gasteiger partial charge in [-0.2, -0.15) is 0 Å². The monoisotopic (exact) mass is 204 g/mol. The normalized spacial score (nSPS) is 35.6. The van der Waals surface area contributed by atoms with Crippen LogP contribution < -0.4 is 0 Å². The topological polar surface area (TPSA) is 26.3 Å². The molecule has 0 saturated heterocycles. The number of halogens is 1. The Bertz CT molecular complexity index is 193. The fourth-order valence-corrected chi connectivity index (χ4v) is 2.78. The van der Waals surface area contributed by atoms with E-state index >= 15 is 0 Å². The van der Waals surface area contributed by atoms with E-state index in [1.165, 1.54) is 19.3 Å². The van der Waals surface area contributed by atoms with Crippen LogP contribution in [0.25, 0.3) is 0 Å². The number of ether oxygens (including phenoxy) is 1. The van der Waals surface area contributed by atoms with E-state index < -0.39 is 0 Å². The van der Waals surface area contributed by atoms with Crippen molar-refractivity contribution in [2.45, 2.75) is 32.6 Å². The maximum Gasteiger partial charge on any atom is 0.309 e. The molecule has 2 bridgehead atoms. The molecular weight excluding hydrogens is 188 g/mol. The van der Waals surface area contributed by atoms with Gasteiger partial charge < -0.3 is 4.74 Å². The van der Waals surface area contributed by atoms with Gasteiger partial charge in [-0.3, -0.25) is 4.79 Å². The Kier molecular flexibility index (Phi) is 3.60. The van der Waals surface area contributed by atoms with Crippen LogP contribution in [-0.4, -0.2) is 12.6 Å². The predicted octanol–water partition coefficient (Wildman–Crippen LogP) is 2.41. The Morgan fingerprint density at radius 3 is 2.62 bits per heavy atom. The number of esters is 1. The molecule has 3 unspecified atom stereocenters. The Hall–Kier alpha value is -0.240. The quantitative estimate of drug-likeness (QED) is 0.646. The van der Waals surface area contributed by atoms with E-state index in [9.17, 15) is 4.79 Å². The van der Waals surface area contributed by atoms with Gasteiger partial charge in [-0.25, -0.2) is 0 Å². The summed E-state index contributed by atoms with van der Waals surface area (Å²) in [5.74, 6) is 1.81. The molecule has 3 heteroatoms. The van der Waals surface area contributed by atoms with Crippen molar-refractivity contribution < 1.29 is 9.53 Å². The molecule has 0 heterocycles. The molecule has 2 aliphatic carbocycles. The van der Waals surface area contributed by atoms with Gasteiger partial charge in [-0.15, -0.1) is 12.4 Å². The lowest BCUT2D eigenvalue weighted by atomic mass is 9.89. The molecule has 2 aliphatic rings. The Morgan fingerprint density at radius 2 is 2.15 bits per heavy atom. The largest absolute Gasteiger partial charge is 0.466 e. The van der Waals surface area contributed by atoms with Gasteiger partial charge in [-0.1, -0.05) is 6.42 Å². The molecule has 0 aromatic heterocycles. The highest BCUT2D eigenvalue weighted by Crippen LogP contribution is 2.48. The summed E-state index contributed by atoms with van der Waals surface area (Å²) < 4.78 is 5.04. The lowest BCUT2D eigenvalue weighted by Crippen LogP contribution is -2.23. The molecule has 76 valence electrons. The SMILES string of the molecule is CCOC(=O)C1CC2CCC1C2.Cl. The minimum absolute atomic E-state index is 0. The van der Waals surface area contributed by atoms with Crippen molar-refractivity contribution >= 4 is 18.4 Å². The van der Waals surface area contributed by atoms with Gasteiger partial charge in [0.25, 0.3) is 0 Å². The van der Waals surface area contributed by atoms with Gasteiger partial charge in [0.15, 0.2) is 0 Å². The van der Waals surface area contributed by atoms with Gasteiger partial charge in [0, 0.05) is 0 Å². The minimum atomic E-state index is 0. The summed E-state index contributed by atoms with van der Waals surface area (Å²) >= 11 is 0. The smallest absolute Gasteiger partial charge is 0.309 e. The molecule has 0 radical (unpaired) electrons. The van der Waals surface area contributed by atoms with Crippen LogP contribution >= 0.6 is 12.4 Å². The zero-order valence-electron chi connectivity index (χ0n) is 7.99. The maximum absolute atomic E-state index is 11.4. The van der Waals surface area contributed by atoms with Crippen LogP contribution in [0, 0.1) is 17.8 Å². The summed E-state index contributed by atoms with van der Waals surface area (Å²) in [5.41, 5.74) is 0. The first-order valence-corrected chi connectivity index (χ1v) is 4.98. The van der Waals surface area contributed by atoms with E-state index in [1.807, 2.05) is 6.92 Å². The Balaban J connectivity index is 0.000000845. The molecule has 0 N–H and O–H groups in total. The van der Waals surface area contributed by atoms with Crippen LogP contribution in [0.3, 0.4) is 0 Å². The van der Waals surface area contributed by atoms with Crippen LogP contribution in [0.15, 0.2) is 0 Å². The Morgan fingerprint density at radius 1 is 1.38 bits per heavy atom. The standard InChI is InChI=1S/C10H16O2.ClH/c1-2-12-10(11)9-6-7-3-4-8(9)5-7;/h7-9H,2-6H2,1H3;1H. The summed E-state index contributed by atoms with van der Waals surface area (Å²) in [6, 6.07) is 0. The van der Waals surface area contributed by atoms with E-state index in [-0.39, 0.29) is 24.3 Å². The minimum Gasteiger partial charge on any atom is -0.466 e. The van der Waals surface area contributed by atoms with Crippen LogP contribution in [0.5, 0.6) is 0 Å². The van der Waals surface area contributed by atoms with Gasteiger partial charge >= 0.3 is 5.97 Å². The second-order valence-corrected chi connectivity index (χ2v) is 4.03. The van der Waals surface area contributed by atoms with E-state index in [0.717, 1.165) is 12.3 Å². The summed E-state index contributed by atoms with van der Waals surface area (Å²) in [7, 11) is 0. The second-order valence-electron chi connectivity index (χ2n) is 4.03. The fourth-order valence-electron chi connectivity index (χ4n) is 2.78. The van der Waals surface area contributed by atoms with Crippen LogP contribution in [-0.2, 0) is 9.53 Å². The zero-order chi connectivity index (χ0) is 8.55. The third-order valence-electron chi connectivity index (χ3n) is 3.33. The summed E-state index contributed by atoms with van der Waals surface area (Å²) in [6.45, 7) is 2.41. The number of carbonyl (C=O) groups is 1. The second kappa shape index (κ2) is 4.32. The highest BCUT2D eigenvalue weighted by atomic mass is 35.5. The van der Waals surface area contributed by atoms with E-state index in [1.54, 1.807) is 0 Å². The molecule has 0 amide bonds. The van der Waals surface area contributed by atoms with Crippen molar-refractivity contribution in [3.05, 3.63) is 0 Å². The Labute approximate surface area is 85.4 Å². The average Bonchev–Trinajstić information content (AvgIpc) is 2.64. The van der Waals surface area contributed by atoms with Crippen molar-refractivity contribution in [3.63, 3.8) is 0 Å². The zero-order valence-corrected chi connectivity index (χ0v) is 8.81. The van der Waals surface area contributed by atoms with Crippen LogP contribution in [0.4, 0.5) is 0 Å². The number of hydrogen-bond donors (Lipinski definition) is 0. The highest BCUT2D eigenvalue weighted by Gasteiger charge is 2.43. The predicted molar refractivity (Wildman–Crippen MR) is 52.8 cm³/mol. The van der Waals surface area contributed by atoms with Crippen LogP contribution in [0.2, 0.25) is 0 Å². The molecule has 3 atom stereocenters. The van der Waals surface area contributed by atoms with Gasteiger partial charge in [0.2, 0.25) is 0 Å². The van der Waals surface area contributed by atoms with E-state index in [0.29, 0.717) is 12.5 Å². The van der Waals surface area contributed by atoms with Gasteiger partial charge in [-0.05, 0) is 38.0 Å². The molecule has 2 fully saturated rings. The van der Waals surface area contributed by atoms with Crippen molar-refractivity contribution in [2.75, 3.05) is 6.61 Å². The highest BCUT2D eigenvalue weighted by molar-refractivity contribution is 5.85. The first-order chi connectivity index (χ1) is 5.81. The van der Waals surface area contributed by atoms with Crippen LogP contribution in [0.1, 0.15) is 32.6 Å². The summed E-state index contributed by atoms with van der Waals surface area (Å²) in [5, 5.41) is 0. The molecule has 0 aliphatic heterocycles. The van der Waals surface area contributed by atoms with E-state index in [4.69, 9.17) is 4.74 Å². The van der Waals surface area contributed by atoms with Gasteiger partial charge in [0.05, 0.1) is 12.5 Å². The van der Waals surface area contributed by atoms with Gasteiger partial charge in [0.1, 0.15) is 0 Å². The molecule has 0 spiro atoms. The summed E-state index contributed by atoms with van der Waals surface area (Å²) in [6.07, 6.45) is 4.99. The van der Waals surface area contributed by atoms with Crippen molar-refractivity contribution in [1.29, 1.82) is 0 Å². The fraction of sp³-hybridized carbons (Fsp3) is 0.900. The summed E-state index contributed by atoms with van der Waals surface area (Å²) in [4.78, 5) is 11.4. The number of fused-ring (bicyclic) bond motifs is 2. The average molecular weight is 205 g/mol.